The van der Waals surface area contributed by atoms with Gasteiger partial charge in [0, 0.05) is 17.6 Å². The number of benzene rings is 2. The second-order valence-corrected chi connectivity index (χ2v) is 9.27. The van der Waals surface area contributed by atoms with Gasteiger partial charge in [0.25, 0.3) is 0 Å². The first-order valence-corrected chi connectivity index (χ1v) is 11.4. The standard InChI is InChI=1S/C26H31N3O2/c1-18-28-25(31-29-18)26-13-4-6-21(16-26)22(12-14-26)17-27-23-7-3-5-20(15-23)19-8-10-24(30-2)11-9-19/h3,5,7-11,15,21-22,27H,4,6,12-14,16-17H2,1-2H3. The Labute approximate surface area is 184 Å². The summed E-state index contributed by atoms with van der Waals surface area (Å²) in [6.45, 7) is 2.94. The van der Waals surface area contributed by atoms with E-state index in [0.29, 0.717) is 5.92 Å². The Morgan fingerprint density at radius 1 is 1.10 bits per heavy atom. The first kappa shape index (κ1) is 20.1. The molecular formula is C26H31N3O2. The molecule has 0 saturated heterocycles. The Bertz CT molecular complexity index is 1030. The minimum atomic E-state index is 0.120. The molecule has 2 aliphatic rings. The number of nitrogens with one attached hydrogen (secondary N) is 1. The van der Waals surface area contributed by atoms with Crippen molar-refractivity contribution in [2.45, 2.75) is 50.9 Å². The molecule has 2 bridgehead atoms. The Morgan fingerprint density at radius 2 is 1.97 bits per heavy atom. The van der Waals surface area contributed by atoms with E-state index >= 15 is 0 Å². The number of aryl methyl sites for hydroxylation is 1. The summed E-state index contributed by atoms with van der Waals surface area (Å²) in [6, 6.07) is 17.0. The van der Waals surface area contributed by atoms with Crippen molar-refractivity contribution in [1.82, 2.24) is 10.1 Å². The normalized spacial score (nSPS) is 25.2. The molecular weight excluding hydrogens is 386 g/mol. The van der Waals surface area contributed by atoms with Gasteiger partial charge in [0.05, 0.1) is 7.11 Å². The van der Waals surface area contributed by atoms with E-state index in [0.717, 1.165) is 36.3 Å². The van der Waals surface area contributed by atoms with Crippen molar-refractivity contribution in [3.05, 3.63) is 60.2 Å². The fourth-order valence-corrected chi connectivity index (χ4v) is 5.66. The van der Waals surface area contributed by atoms with E-state index in [2.05, 4.69) is 51.9 Å². The number of fused-ring (bicyclic) bond motifs is 2. The molecule has 1 heterocycles. The fraction of sp³-hybridized carbons (Fsp3) is 0.462. The third-order valence-electron chi connectivity index (χ3n) is 7.38. The maximum atomic E-state index is 5.63. The van der Waals surface area contributed by atoms with Crippen molar-refractivity contribution in [3.8, 4) is 16.9 Å². The van der Waals surface area contributed by atoms with Crippen LogP contribution in [0.3, 0.4) is 0 Å². The lowest BCUT2D eigenvalue weighted by atomic mass is 9.58. The fourth-order valence-electron chi connectivity index (χ4n) is 5.66. The molecule has 2 aliphatic carbocycles. The van der Waals surface area contributed by atoms with Crippen LogP contribution < -0.4 is 10.1 Å². The molecule has 5 heteroatoms. The van der Waals surface area contributed by atoms with Crippen LogP contribution in [0.25, 0.3) is 11.1 Å². The quantitative estimate of drug-likeness (QED) is 0.533. The summed E-state index contributed by atoms with van der Waals surface area (Å²) >= 11 is 0. The molecule has 31 heavy (non-hydrogen) atoms. The zero-order valence-electron chi connectivity index (χ0n) is 18.4. The molecule has 2 saturated carbocycles. The van der Waals surface area contributed by atoms with Gasteiger partial charge in [0.15, 0.2) is 5.82 Å². The second-order valence-electron chi connectivity index (χ2n) is 9.27. The van der Waals surface area contributed by atoms with Crippen LogP contribution in [0.15, 0.2) is 53.1 Å². The van der Waals surface area contributed by atoms with Crippen molar-refractivity contribution < 1.29 is 9.26 Å². The minimum absolute atomic E-state index is 0.120. The van der Waals surface area contributed by atoms with Crippen molar-refractivity contribution in [2.75, 3.05) is 19.0 Å². The highest BCUT2D eigenvalue weighted by molar-refractivity contribution is 5.68. The molecule has 162 valence electrons. The van der Waals surface area contributed by atoms with Crippen molar-refractivity contribution in [1.29, 1.82) is 0 Å². The molecule has 3 aromatic rings. The van der Waals surface area contributed by atoms with E-state index in [4.69, 9.17) is 9.26 Å². The van der Waals surface area contributed by atoms with Gasteiger partial charge in [-0.1, -0.05) is 42.3 Å². The topological polar surface area (TPSA) is 60.2 Å². The lowest BCUT2D eigenvalue weighted by molar-refractivity contribution is 0.0732. The predicted molar refractivity (Wildman–Crippen MR) is 122 cm³/mol. The van der Waals surface area contributed by atoms with Crippen LogP contribution in [0.1, 0.15) is 50.2 Å². The molecule has 3 atom stereocenters. The van der Waals surface area contributed by atoms with Gasteiger partial charge in [-0.05, 0) is 79.8 Å². The molecule has 0 spiro atoms. The Morgan fingerprint density at radius 3 is 2.74 bits per heavy atom. The summed E-state index contributed by atoms with van der Waals surface area (Å²) in [5.41, 5.74) is 3.73. The molecule has 0 amide bonds. The highest BCUT2D eigenvalue weighted by Crippen LogP contribution is 2.52. The lowest BCUT2D eigenvalue weighted by Crippen LogP contribution is -2.42. The number of methoxy groups -OCH3 is 1. The lowest BCUT2D eigenvalue weighted by Gasteiger charge is -2.46. The van der Waals surface area contributed by atoms with Crippen LogP contribution >= 0.6 is 0 Å². The highest BCUT2D eigenvalue weighted by Gasteiger charge is 2.47. The number of hydrogen-bond acceptors (Lipinski definition) is 5. The molecule has 0 radical (unpaired) electrons. The molecule has 3 unspecified atom stereocenters. The Balaban J connectivity index is 1.25. The third-order valence-corrected chi connectivity index (χ3v) is 7.38. The zero-order chi connectivity index (χ0) is 21.3. The molecule has 2 fully saturated rings. The minimum Gasteiger partial charge on any atom is -0.497 e. The number of anilines is 1. The Kier molecular flexibility index (Phi) is 5.43. The van der Waals surface area contributed by atoms with Crippen LogP contribution in [0, 0.1) is 18.8 Å². The Hall–Kier alpha value is -2.82. The number of ether oxygens (including phenoxy) is 1. The largest absolute Gasteiger partial charge is 0.497 e. The SMILES string of the molecule is COc1ccc(-c2cccc(NCC3CCC4(c5nc(C)no5)CCCC3C4)c2)cc1. The maximum absolute atomic E-state index is 5.63. The highest BCUT2D eigenvalue weighted by atomic mass is 16.5. The van der Waals surface area contributed by atoms with Crippen LogP contribution in [0.2, 0.25) is 0 Å². The van der Waals surface area contributed by atoms with E-state index < -0.39 is 0 Å². The third kappa shape index (κ3) is 4.06. The van der Waals surface area contributed by atoms with Gasteiger partial charge in [-0.25, -0.2) is 0 Å². The number of rotatable bonds is 6. The monoisotopic (exact) mass is 417 g/mol. The molecule has 5 rings (SSSR count). The summed E-state index contributed by atoms with van der Waals surface area (Å²) in [4.78, 5) is 4.61. The second kappa shape index (κ2) is 8.37. The van der Waals surface area contributed by atoms with Gasteiger partial charge in [-0.3, -0.25) is 0 Å². The van der Waals surface area contributed by atoms with Gasteiger partial charge in [-0.2, -0.15) is 4.98 Å². The summed E-state index contributed by atoms with van der Waals surface area (Å²) in [5.74, 6) is 3.95. The zero-order valence-corrected chi connectivity index (χ0v) is 18.4. The van der Waals surface area contributed by atoms with E-state index in [-0.39, 0.29) is 5.41 Å². The average Bonchev–Trinajstić information content (AvgIpc) is 3.26. The van der Waals surface area contributed by atoms with Crippen LogP contribution in [0.4, 0.5) is 5.69 Å². The summed E-state index contributed by atoms with van der Waals surface area (Å²) in [5, 5.41) is 7.80. The van der Waals surface area contributed by atoms with Gasteiger partial charge in [0.1, 0.15) is 5.75 Å². The number of aromatic nitrogens is 2. The first-order valence-electron chi connectivity index (χ1n) is 11.4. The van der Waals surface area contributed by atoms with Crippen molar-refractivity contribution >= 4 is 5.69 Å². The summed E-state index contributed by atoms with van der Waals surface area (Å²) < 4.78 is 10.9. The summed E-state index contributed by atoms with van der Waals surface area (Å²) in [6.07, 6.45) is 7.32. The predicted octanol–water partition coefficient (Wildman–Crippen LogP) is 6.00. The van der Waals surface area contributed by atoms with E-state index in [1.165, 1.54) is 48.9 Å². The maximum Gasteiger partial charge on any atom is 0.232 e. The molecule has 1 N–H and O–H groups in total. The van der Waals surface area contributed by atoms with Crippen molar-refractivity contribution in [3.63, 3.8) is 0 Å². The average molecular weight is 418 g/mol. The van der Waals surface area contributed by atoms with E-state index in [9.17, 15) is 0 Å². The summed E-state index contributed by atoms with van der Waals surface area (Å²) in [7, 11) is 1.70. The van der Waals surface area contributed by atoms with Crippen LogP contribution in [-0.2, 0) is 5.41 Å². The number of nitrogens with zero attached hydrogens (tertiary/aromatic N) is 2. The van der Waals surface area contributed by atoms with Gasteiger partial charge < -0.3 is 14.6 Å². The van der Waals surface area contributed by atoms with E-state index in [1.807, 2.05) is 19.1 Å². The van der Waals surface area contributed by atoms with Crippen LogP contribution in [-0.4, -0.2) is 23.8 Å². The van der Waals surface area contributed by atoms with Gasteiger partial charge in [0.2, 0.25) is 5.89 Å². The first-order chi connectivity index (χ1) is 15.1. The van der Waals surface area contributed by atoms with E-state index in [1.54, 1.807) is 7.11 Å². The molecule has 1 aromatic heterocycles. The molecule has 2 aromatic carbocycles. The van der Waals surface area contributed by atoms with Crippen molar-refractivity contribution in [2.24, 2.45) is 11.8 Å². The van der Waals surface area contributed by atoms with Gasteiger partial charge >= 0.3 is 0 Å². The van der Waals surface area contributed by atoms with Crippen LogP contribution in [0.5, 0.6) is 5.75 Å². The molecule has 0 aliphatic heterocycles. The van der Waals surface area contributed by atoms with Gasteiger partial charge in [-0.15, -0.1) is 0 Å². The smallest absolute Gasteiger partial charge is 0.232 e. The number of hydrogen-bond donors (Lipinski definition) is 1. The molecule has 5 nitrogen and oxygen atoms in total.